The van der Waals surface area contributed by atoms with Crippen molar-refractivity contribution in [1.82, 2.24) is 5.32 Å². The Balaban J connectivity index is 2.69. The molecule has 20 heavy (non-hydrogen) atoms. The maximum atomic E-state index is 12.0. The third-order valence-corrected chi connectivity index (χ3v) is 2.70. The molecule has 1 amide bonds. The molecule has 5 nitrogen and oxygen atoms in total. The largest absolute Gasteiger partial charge is 0.493 e. The van der Waals surface area contributed by atoms with Crippen LogP contribution in [0.1, 0.15) is 37.0 Å². The number of nitrogens with one attached hydrogen (secondary N) is 1. The van der Waals surface area contributed by atoms with Gasteiger partial charge in [-0.25, -0.2) is 0 Å². The molecule has 0 atom stereocenters. The predicted molar refractivity (Wildman–Crippen MR) is 79.4 cm³/mol. The molecule has 5 heteroatoms. The topological polar surface area (TPSA) is 73.6 Å². The van der Waals surface area contributed by atoms with Crippen LogP contribution >= 0.6 is 0 Å². The lowest BCUT2D eigenvalue weighted by Crippen LogP contribution is -2.24. The zero-order valence-electron chi connectivity index (χ0n) is 12.4. The van der Waals surface area contributed by atoms with E-state index >= 15 is 0 Å². The summed E-state index contributed by atoms with van der Waals surface area (Å²) < 4.78 is 10.9. The average molecular weight is 280 g/mol. The van der Waals surface area contributed by atoms with E-state index < -0.39 is 0 Å². The summed E-state index contributed by atoms with van der Waals surface area (Å²) in [6.07, 6.45) is 1.85. The molecule has 1 aromatic carbocycles. The second kappa shape index (κ2) is 8.43. The number of carbonyl (C=O) groups excluding carboxylic acids is 1. The number of amides is 1. The van der Waals surface area contributed by atoms with Crippen molar-refractivity contribution in [3.8, 4) is 11.5 Å². The predicted octanol–water partition coefficient (Wildman–Crippen LogP) is 1.95. The summed E-state index contributed by atoms with van der Waals surface area (Å²) in [5.74, 6) is 1.09. The fraction of sp³-hybridized carbons (Fsp3) is 0.533. The third kappa shape index (κ3) is 5.09. The Hall–Kier alpha value is -1.75. The fourth-order valence-electron chi connectivity index (χ4n) is 1.73. The van der Waals surface area contributed by atoms with Gasteiger partial charge >= 0.3 is 0 Å². The number of hydrogen-bond acceptors (Lipinski definition) is 4. The van der Waals surface area contributed by atoms with Crippen LogP contribution in [0.4, 0.5) is 0 Å². The van der Waals surface area contributed by atoms with E-state index in [0.29, 0.717) is 30.2 Å². The van der Waals surface area contributed by atoms with Crippen molar-refractivity contribution < 1.29 is 14.3 Å². The molecule has 1 aromatic rings. The minimum atomic E-state index is -0.114. The van der Waals surface area contributed by atoms with Gasteiger partial charge < -0.3 is 20.5 Å². The van der Waals surface area contributed by atoms with Crippen molar-refractivity contribution in [1.29, 1.82) is 0 Å². The van der Waals surface area contributed by atoms with Gasteiger partial charge in [-0.2, -0.15) is 0 Å². The number of unbranched alkanes of at least 4 members (excludes halogenated alkanes) is 1. The van der Waals surface area contributed by atoms with E-state index in [4.69, 9.17) is 15.2 Å². The van der Waals surface area contributed by atoms with Crippen LogP contribution < -0.4 is 20.5 Å². The molecular formula is C15H24N2O3. The van der Waals surface area contributed by atoms with Crippen molar-refractivity contribution in [3.63, 3.8) is 0 Å². The monoisotopic (exact) mass is 280 g/mol. The Morgan fingerprint density at radius 1 is 1.30 bits per heavy atom. The zero-order chi connectivity index (χ0) is 15.0. The Bertz CT molecular complexity index is 433. The molecule has 112 valence electrons. The lowest BCUT2D eigenvalue weighted by molar-refractivity contribution is 0.0952. The van der Waals surface area contributed by atoms with Crippen LogP contribution in [-0.2, 0) is 0 Å². The molecule has 0 aromatic heterocycles. The number of carbonyl (C=O) groups is 1. The van der Waals surface area contributed by atoms with Gasteiger partial charge in [0.1, 0.15) is 0 Å². The molecule has 0 aliphatic carbocycles. The lowest BCUT2D eigenvalue weighted by Gasteiger charge is -2.14. The molecule has 0 spiro atoms. The van der Waals surface area contributed by atoms with E-state index in [9.17, 15) is 4.79 Å². The first-order chi connectivity index (χ1) is 9.58. The van der Waals surface area contributed by atoms with Gasteiger partial charge in [0.25, 0.3) is 5.91 Å². The molecule has 0 bridgehead atoms. The Morgan fingerprint density at radius 2 is 2.05 bits per heavy atom. The third-order valence-electron chi connectivity index (χ3n) is 2.70. The van der Waals surface area contributed by atoms with Gasteiger partial charge in [-0.3, -0.25) is 4.79 Å². The summed E-state index contributed by atoms with van der Waals surface area (Å²) in [5, 5.41) is 2.85. The minimum Gasteiger partial charge on any atom is -0.493 e. The summed E-state index contributed by atoms with van der Waals surface area (Å²) in [6, 6.07) is 5.18. The maximum absolute atomic E-state index is 12.0. The molecule has 3 N–H and O–H groups in total. The van der Waals surface area contributed by atoms with E-state index in [1.54, 1.807) is 25.3 Å². The Labute approximate surface area is 120 Å². The van der Waals surface area contributed by atoms with Crippen LogP contribution in [0, 0.1) is 0 Å². The maximum Gasteiger partial charge on any atom is 0.251 e. The Kier molecular flexibility index (Phi) is 6.87. The van der Waals surface area contributed by atoms with Crippen LogP contribution in [0.5, 0.6) is 11.5 Å². The van der Waals surface area contributed by atoms with Crippen LogP contribution in [0.15, 0.2) is 18.2 Å². The normalized spacial score (nSPS) is 10.4. The number of methoxy groups -OCH3 is 1. The van der Waals surface area contributed by atoms with Gasteiger partial charge in [0.2, 0.25) is 0 Å². The van der Waals surface area contributed by atoms with Crippen LogP contribution in [0.25, 0.3) is 0 Å². The quantitative estimate of drug-likeness (QED) is 0.714. The molecule has 0 saturated heterocycles. The van der Waals surface area contributed by atoms with E-state index in [1.165, 1.54) is 0 Å². The van der Waals surface area contributed by atoms with Crippen molar-refractivity contribution in [2.45, 2.75) is 32.8 Å². The minimum absolute atomic E-state index is 0.0554. The van der Waals surface area contributed by atoms with Crippen molar-refractivity contribution in [3.05, 3.63) is 23.8 Å². The molecule has 0 aliphatic heterocycles. The molecular weight excluding hydrogens is 256 g/mol. The van der Waals surface area contributed by atoms with Crippen LogP contribution in [-0.4, -0.2) is 32.2 Å². The summed E-state index contributed by atoms with van der Waals surface area (Å²) in [7, 11) is 1.56. The summed E-state index contributed by atoms with van der Waals surface area (Å²) >= 11 is 0. The highest BCUT2D eigenvalue weighted by molar-refractivity contribution is 5.94. The van der Waals surface area contributed by atoms with E-state index in [1.807, 2.05) is 13.8 Å². The van der Waals surface area contributed by atoms with E-state index in [0.717, 1.165) is 12.8 Å². The first-order valence-electron chi connectivity index (χ1n) is 6.91. The number of hydrogen-bond donors (Lipinski definition) is 2. The standard InChI is InChI=1S/C15H24N2O3/c1-11(2)20-13-7-6-12(10-14(13)19-3)15(18)17-9-5-4-8-16/h6-7,10-11H,4-5,8-9,16H2,1-3H3,(H,17,18). The second-order valence-corrected chi connectivity index (χ2v) is 4.78. The second-order valence-electron chi connectivity index (χ2n) is 4.78. The van der Waals surface area contributed by atoms with Gasteiger partial charge in [-0.15, -0.1) is 0 Å². The molecule has 1 rings (SSSR count). The summed E-state index contributed by atoms with van der Waals surface area (Å²) in [6.45, 7) is 5.16. The van der Waals surface area contributed by atoms with E-state index in [2.05, 4.69) is 5.32 Å². The number of rotatable bonds is 8. The van der Waals surface area contributed by atoms with Crippen LogP contribution in [0.2, 0.25) is 0 Å². The first-order valence-corrected chi connectivity index (χ1v) is 6.91. The Morgan fingerprint density at radius 3 is 2.65 bits per heavy atom. The van der Waals surface area contributed by atoms with Crippen molar-refractivity contribution in [2.24, 2.45) is 5.73 Å². The van der Waals surface area contributed by atoms with Gasteiger partial charge in [-0.05, 0) is 51.4 Å². The highest BCUT2D eigenvalue weighted by Gasteiger charge is 2.11. The smallest absolute Gasteiger partial charge is 0.251 e. The number of benzene rings is 1. The van der Waals surface area contributed by atoms with Gasteiger partial charge in [0, 0.05) is 12.1 Å². The highest BCUT2D eigenvalue weighted by Crippen LogP contribution is 2.28. The molecule has 0 heterocycles. The van der Waals surface area contributed by atoms with Crippen molar-refractivity contribution >= 4 is 5.91 Å². The SMILES string of the molecule is COc1cc(C(=O)NCCCCN)ccc1OC(C)C. The van der Waals surface area contributed by atoms with Crippen LogP contribution in [0.3, 0.4) is 0 Å². The first kappa shape index (κ1) is 16.3. The molecule has 0 fully saturated rings. The molecule has 0 aliphatic rings. The summed E-state index contributed by atoms with van der Waals surface area (Å²) in [4.78, 5) is 12.0. The van der Waals surface area contributed by atoms with Gasteiger partial charge in [-0.1, -0.05) is 0 Å². The highest BCUT2D eigenvalue weighted by atomic mass is 16.5. The van der Waals surface area contributed by atoms with Gasteiger partial charge in [0.05, 0.1) is 13.2 Å². The number of nitrogens with two attached hydrogens (primary N) is 1. The van der Waals surface area contributed by atoms with Gasteiger partial charge in [0.15, 0.2) is 11.5 Å². The lowest BCUT2D eigenvalue weighted by atomic mass is 10.2. The molecule has 0 unspecified atom stereocenters. The van der Waals surface area contributed by atoms with E-state index in [-0.39, 0.29) is 12.0 Å². The zero-order valence-corrected chi connectivity index (χ0v) is 12.4. The van der Waals surface area contributed by atoms with Crippen molar-refractivity contribution in [2.75, 3.05) is 20.2 Å². The molecule has 0 radical (unpaired) electrons. The summed E-state index contributed by atoms with van der Waals surface area (Å²) in [5.41, 5.74) is 5.97. The number of ether oxygens (including phenoxy) is 2. The average Bonchev–Trinajstić information content (AvgIpc) is 2.43. The molecule has 0 saturated carbocycles. The fourth-order valence-corrected chi connectivity index (χ4v) is 1.73.